The number of carbonyl (C=O) groups is 2. The number of furan rings is 1. The fourth-order valence-electron chi connectivity index (χ4n) is 2.87. The lowest BCUT2D eigenvalue weighted by Crippen LogP contribution is -2.41. The second kappa shape index (κ2) is 8.04. The van der Waals surface area contributed by atoms with E-state index in [1.54, 1.807) is 31.2 Å². The topological polar surface area (TPSA) is 110 Å². The SMILES string of the molecule is Cc1cccc(-c2nnc(-c3ccc(C(=O)NNC(=O)c4ccoc4C)cc3)o2)c1. The number of rotatable bonds is 4. The van der Waals surface area contributed by atoms with Crippen molar-refractivity contribution in [1.82, 2.24) is 21.0 Å². The standard InChI is InChI=1S/C22H18N4O4/c1-13-4-3-5-17(12-13)22-26-25-21(30-22)16-8-6-15(7-9-16)19(27)23-24-20(28)18-10-11-29-14(18)2/h3-12H,1-2H3,(H,23,27)(H,24,28). The number of hydrogen-bond acceptors (Lipinski definition) is 6. The summed E-state index contributed by atoms with van der Waals surface area (Å²) in [5.74, 6) is 0.327. The second-order valence-corrected chi connectivity index (χ2v) is 6.66. The van der Waals surface area contributed by atoms with Gasteiger partial charge in [0, 0.05) is 16.7 Å². The Morgan fingerprint density at radius 1 is 0.833 bits per heavy atom. The van der Waals surface area contributed by atoms with Gasteiger partial charge in [0.1, 0.15) is 5.76 Å². The monoisotopic (exact) mass is 402 g/mol. The summed E-state index contributed by atoms with van der Waals surface area (Å²) in [5.41, 5.74) is 8.06. The smallest absolute Gasteiger partial charge is 0.273 e. The van der Waals surface area contributed by atoms with Gasteiger partial charge < -0.3 is 8.83 Å². The Kier molecular flexibility index (Phi) is 5.13. The first-order chi connectivity index (χ1) is 14.5. The van der Waals surface area contributed by atoms with Gasteiger partial charge in [0.25, 0.3) is 11.8 Å². The minimum absolute atomic E-state index is 0.349. The predicted octanol–water partition coefficient (Wildman–Crippen LogP) is 3.69. The zero-order valence-electron chi connectivity index (χ0n) is 16.3. The molecule has 2 heterocycles. The Morgan fingerprint density at radius 2 is 1.53 bits per heavy atom. The fourth-order valence-corrected chi connectivity index (χ4v) is 2.87. The average molecular weight is 402 g/mol. The maximum absolute atomic E-state index is 12.3. The lowest BCUT2D eigenvalue weighted by Gasteiger charge is -2.07. The first-order valence-corrected chi connectivity index (χ1v) is 9.17. The third-order valence-corrected chi connectivity index (χ3v) is 4.48. The van der Waals surface area contributed by atoms with E-state index in [1.165, 1.54) is 12.3 Å². The highest BCUT2D eigenvalue weighted by molar-refractivity contribution is 5.99. The van der Waals surface area contributed by atoms with Gasteiger partial charge in [-0.25, -0.2) is 0 Å². The van der Waals surface area contributed by atoms with E-state index in [1.807, 2.05) is 31.2 Å². The van der Waals surface area contributed by atoms with E-state index in [0.29, 0.717) is 34.2 Å². The van der Waals surface area contributed by atoms with E-state index < -0.39 is 11.8 Å². The minimum Gasteiger partial charge on any atom is -0.469 e. The molecule has 4 aromatic rings. The number of aromatic nitrogens is 2. The van der Waals surface area contributed by atoms with Crippen molar-refractivity contribution in [1.29, 1.82) is 0 Å². The molecular weight excluding hydrogens is 384 g/mol. The van der Waals surface area contributed by atoms with E-state index in [2.05, 4.69) is 21.0 Å². The van der Waals surface area contributed by atoms with Gasteiger partial charge in [0.15, 0.2) is 0 Å². The molecule has 0 atom stereocenters. The van der Waals surface area contributed by atoms with Gasteiger partial charge in [-0.15, -0.1) is 10.2 Å². The molecule has 0 radical (unpaired) electrons. The summed E-state index contributed by atoms with van der Waals surface area (Å²) in [5, 5.41) is 8.17. The van der Waals surface area contributed by atoms with Gasteiger partial charge in [-0.3, -0.25) is 20.4 Å². The average Bonchev–Trinajstić information content (AvgIpc) is 3.41. The van der Waals surface area contributed by atoms with E-state index in [4.69, 9.17) is 8.83 Å². The molecule has 2 N–H and O–H groups in total. The van der Waals surface area contributed by atoms with Crippen LogP contribution in [0.25, 0.3) is 22.9 Å². The number of nitrogens with zero attached hydrogens (tertiary/aromatic N) is 2. The Morgan fingerprint density at radius 3 is 2.20 bits per heavy atom. The minimum atomic E-state index is -0.458. The Bertz CT molecular complexity index is 1210. The first kappa shape index (κ1) is 19.1. The van der Waals surface area contributed by atoms with Crippen LogP contribution in [0.5, 0.6) is 0 Å². The van der Waals surface area contributed by atoms with E-state index in [-0.39, 0.29) is 0 Å². The fraction of sp³-hybridized carbons (Fsp3) is 0.0909. The Balaban J connectivity index is 1.42. The second-order valence-electron chi connectivity index (χ2n) is 6.66. The molecule has 2 aromatic carbocycles. The Hall–Kier alpha value is -4.20. The van der Waals surface area contributed by atoms with Gasteiger partial charge in [0.2, 0.25) is 11.8 Å². The van der Waals surface area contributed by atoms with Gasteiger partial charge in [-0.1, -0.05) is 17.7 Å². The molecule has 0 aliphatic carbocycles. The summed E-state index contributed by atoms with van der Waals surface area (Å²) in [6.07, 6.45) is 1.41. The van der Waals surface area contributed by atoms with Crippen LogP contribution >= 0.6 is 0 Å². The summed E-state index contributed by atoms with van der Waals surface area (Å²) < 4.78 is 10.8. The van der Waals surface area contributed by atoms with Crippen molar-refractivity contribution in [2.75, 3.05) is 0 Å². The molecule has 0 saturated heterocycles. The third kappa shape index (κ3) is 3.97. The third-order valence-electron chi connectivity index (χ3n) is 4.48. The van der Waals surface area contributed by atoms with Crippen molar-refractivity contribution >= 4 is 11.8 Å². The molecule has 30 heavy (non-hydrogen) atoms. The number of hydrogen-bond donors (Lipinski definition) is 2. The summed E-state index contributed by atoms with van der Waals surface area (Å²) in [6, 6.07) is 15.9. The van der Waals surface area contributed by atoms with Crippen LogP contribution in [0.15, 0.2) is 69.7 Å². The van der Waals surface area contributed by atoms with Gasteiger partial charge in [0.05, 0.1) is 11.8 Å². The van der Waals surface area contributed by atoms with Gasteiger partial charge >= 0.3 is 0 Å². The van der Waals surface area contributed by atoms with Gasteiger partial charge in [-0.2, -0.15) is 0 Å². The molecule has 8 nitrogen and oxygen atoms in total. The summed E-state index contributed by atoms with van der Waals surface area (Å²) in [7, 11) is 0. The maximum Gasteiger partial charge on any atom is 0.273 e. The summed E-state index contributed by atoms with van der Waals surface area (Å²) >= 11 is 0. The van der Waals surface area contributed by atoms with Crippen molar-refractivity contribution < 1.29 is 18.4 Å². The highest BCUT2D eigenvalue weighted by Crippen LogP contribution is 2.24. The first-order valence-electron chi connectivity index (χ1n) is 9.17. The zero-order chi connectivity index (χ0) is 21.1. The van der Waals surface area contributed by atoms with Crippen LogP contribution in [0.2, 0.25) is 0 Å². The van der Waals surface area contributed by atoms with Crippen LogP contribution in [0.1, 0.15) is 32.0 Å². The van der Waals surface area contributed by atoms with E-state index in [9.17, 15) is 9.59 Å². The molecule has 0 bridgehead atoms. The number of aryl methyl sites for hydroxylation is 2. The normalized spacial score (nSPS) is 10.6. The highest BCUT2D eigenvalue weighted by atomic mass is 16.4. The molecular formula is C22H18N4O4. The van der Waals surface area contributed by atoms with Gasteiger partial charge in [-0.05, 0) is 56.3 Å². The molecule has 4 rings (SSSR count). The van der Waals surface area contributed by atoms with E-state index in [0.717, 1.165) is 11.1 Å². The molecule has 8 heteroatoms. The van der Waals surface area contributed by atoms with E-state index >= 15 is 0 Å². The number of benzene rings is 2. The van der Waals surface area contributed by atoms with Crippen molar-refractivity contribution in [3.8, 4) is 22.9 Å². The molecule has 2 aromatic heterocycles. The number of amides is 2. The zero-order valence-corrected chi connectivity index (χ0v) is 16.3. The van der Waals surface area contributed by atoms with Crippen LogP contribution in [-0.4, -0.2) is 22.0 Å². The molecule has 0 spiro atoms. The number of nitrogens with one attached hydrogen (secondary N) is 2. The summed E-state index contributed by atoms with van der Waals surface area (Å²) in [6.45, 7) is 3.65. The molecule has 0 saturated carbocycles. The predicted molar refractivity (Wildman–Crippen MR) is 108 cm³/mol. The van der Waals surface area contributed by atoms with Crippen LogP contribution < -0.4 is 10.9 Å². The van der Waals surface area contributed by atoms with Crippen LogP contribution in [0, 0.1) is 13.8 Å². The largest absolute Gasteiger partial charge is 0.469 e. The van der Waals surface area contributed by atoms with Crippen LogP contribution in [0.3, 0.4) is 0 Å². The van der Waals surface area contributed by atoms with Crippen LogP contribution in [-0.2, 0) is 0 Å². The molecule has 150 valence electrons. The molecule has 0 aliphatic rings. The van der Waals surface area contributed by atoms with Crippen molar-refractivity contribution in [2.24, 2.45) is 0 Å². The maximum atomic E-state index is 12.3. The van der Waals surface area contributed by atoms with Crippen molar-refractivity contribution in [2.45, 2.75) is 13.8 Å². The van der Waals surface area contributed by atoms with Crippen molar-refractivity contribution in [3.63, 3.8) is 0 Å². The molecule has 0 aliphatic heterocycles. The number of hydrazine groups is 1. The molecule has 0 fully saturated rings. The molecule has 0 unspecified atom stereocenters. The lowest BCUT2D eigenvalue weighted by atomic mass is 10.1. The molecule has 2 amide bonds. The lowest BCUT2D eigenvalue weighted by molar-refractivity contribution is 0.0845. The highest BCUT2D eigenvalue weighted by Gasteiger charge is 2.14. The summed E-state index contributed by atoms with van der Waals surface area (Å²) in [4.78, 5) is 24.3. The Labute approximate surface area is 171 Å². The van der Waals surface area contributed by atoms with Crippen LogP contribution in [0.4, 0.5) is 0 Å². The quantitative estimate of drug-likeness (QED) is 0.504. The number of carbonyl (C=O) groups excluding carboxylic acids is 2. The van der Waals surface area contributed by atoms with Crippen molar-refractivity contribution in [3.05, 3.63) is 83.3 Å².